The maximum Gasteiger partial charge on any atom is 0.252 e. The standard InChI is InChI=1S/C17H20N2O3/c20-17-13(10-19-5-3-1-2-4-6-19)7-12-8-15-16(22-11-21-15)9-14(12)18-17/h7-9H,1-6,10-11H2,(H,18,20). The highest BCUT2D eigenvalue weighted by atomic mass is 16.7. The molecule has 0 aliphatic carbocycles. The summed E-state index contributed by atoms with van der Waals surface area (Å²) in [7, 11) is 0. The highest BCUT2D eigenvalue weighted by Gasteiger charge is 2.16. The number of nitrogens with zero attached hydrogens (tertiary/aromatic N) is 1. The van der Waals surface area contributed by atoms with Crippen LogP contribution in [0.1, 0.15) is 31.2 Å². The molecule has 2 aliphatic rings. The Labute approximate surface area is 128 Å². The van der Waals surface area contributed by atoms with Crippen LogP contribution < -0.4 is 15.0 Å². The van der Waals surface area contributed by atoms with Crippen molar-refractivity contribution >= 4 is 10.9 Å². The molecule has 0 atom stereocenters. The van der Waals surface area contributed by atoms with Gasteiger partial charge >= 0.3 is 0 Å². The SMILES string of the molecule is O=c1[nH]c2cc3c(cc2cc1CN1CCCCCC1)OCO3. The third-order valence-corrected chi connectivity index (χ3v) is 4.51. The van der Waals surface area contributed by atoms with Crippen molar-refractivity contribution in [2.45, 2.75) is 32.2 Å². The van der Waals surface area contributed by atoms with Gasteiger partial charge in [-0.2, -0.15) is 0 Å². The Morgan fingerprint density at radius 1 is 1.00 bits per heavy atom. The third kappa shape index (κ3) is 2.57. The van der Waals surface area contributed by atoms with Crippen LogP contribution in [0.2, 0.25) is 0 Å². The van der Waals surface area contributed by atoms with Crippen LogP contribution in [0.5, 0.6) is 11.5 Å². The first kappa shape index (κ1) is 13.6. The fourth-order valence-electron chi connectivity index (χ4n) is 3.29. The van der Waals surface area contributed by atoms with E-state index >= 15 is 0 Å². The number of aromatic nitrogens is 1. The molecule has 5 heteroatoms. The number of H-pyrrole nitrogens is 1. The fraction of sp³-hybridized carbons (Fsp3) is 0.471. The normalized spacial score (nSPS) is 18.5. The van der Waals surface area contributed by atoms with Gasteiger partial charge in [0.2, 0.25) is 6.79 Å². The summed E-state index contributed by atoms with van der Waals surface area (Å²) in [6.07, 6.45) is 5.05. The van der Waals surface area contributed by atoms with Crippen molar-refractivity contribution in [2.24, 2.45) is 0 Å². The molecule has 0 radical (unpaired) electrons. The van der Waals surface area contributed by atoms with Gasteiger partial charge in [0.1, 0.15) is 0 Å². The second kappa shape index (κ2) is 5.65. The van der Waals surface area contributed by atoms with Crippen molar-refractivity contribution in [2.75, 3.05) is 19.9 Å². The molecule has 0 amide bonds. The van der Waals surface area contributed by atoms with E-state index in [9.17, 15) is 4.79 Å². The number of aromatic amines is 1. The van der Waals surface area contributed by atoms with Gasteiger partial charge in [0.15, 0.2) is 11.5 Å². The minimum absolute atomic E-state index is 0.00406. The summed E-state index contributed by atoms with van der Waals surface area (Å²) in [5.74, 6) is 1.45. The largest absolute Gasteiger partial charge is 0.454 e. The average Bonchev–Trinajstić information content (AvgIpc) is 2.80. The van der Waals surface area contributed by atoms with E-state index in [2.05, 4.69) is 9.88 Å². The molecule has 0 unspecified atom stereocenters. The fourth-order valence-corrected chi connectivity index (χ4v) is 3.29. The van der Waals surface area contributed by atoms with E-state index in [-0.39, 0.29) is 12.4 Å². The van der Waals surface area contributed by atoms with Crippen molar-refractivity contribution in [3.05, 3.63) is 34.1 Å². The first-order chi connectivity index (χ1) is 10.8. The van der Waals surface area contributed by atoms with Crippen molar-refractivity contribution in [3.8, 4) is 11.5 Å². The predicted molar refractivity (Wildman–Crippen MR) is 84.4 cm³/mol. The Morgan fingerprint density at radius 3 is 2.50 bits per heavy atom. The van der Waals surface area contributed by atoms with Crippen LogP contribution in [0.3, 0.4) is 0 Å². The van der Waals surface area contributed by atoms with E-state index < -0.39 is 0 Å². The Morgan fingerprint density at radius 2 is 1.73 bits per heavy atom. The Hall–Kier alpha value is -2.01. The lowest BCUT2D eigenvalue weighted by molar-refractivity contribution is 0.174. The maximum atomic E-state index is 12.3. The lowest BCUT2D eigenvalue weighted by atomic mass is 10.1. The van der Waals surface area contributed by atoms with Gasteiger partial charge in [-0.1, -0.05) is 12.8 Å². The molecule has 1 aromatic heterocycles. The molecule has 4 rings (SSSR count). The molecule has 1 N–H and O–H groups in total. The van der Waals surface area contributed by atoms with Gasteiger partial charge < -0.3 is 14.5 Å². The number of nitrogens with one attached hydrogen (secondary N) is 1. The molecule has 1 saturated heterocycles. The van der Waals surface area contributed by atoms with Crippen LogP contribution in [0.4, 0.5) is 0 Å². The van der Waals surface area contributed by atoms with Crippen molar-refractivity contribution in [3.63, 3.8) is 0 Å². The van der Waals surface area contributed by atoms with Crippen LogP contribution in [0, 0.1) is 0 Å². The topological polar surface area (TPSA) is 54.6 Å². The number of pyridine rings is 1. The molecule has 2 aromatic rings. The number of ether oxygens (including phenoxy) is 2. The van der Waals surface area contributed by atoms with Gasteiger partial charge in [-0.05, 0) is 38.1 Å². The second-order valence-corrected chi connectivity index (χ2v) is 6.11. The van der Waals surface area contributed by atoms with Crippen LogP contribution in [0.25, 0.3) is 10.9 Å². The van der Waals surface area contributed by atoms with Gasteiger partial charge in [-0.25, -0.2) is 0 Å². The molecule has 1 fully saturated rings. The van der Waals surface area contributed by atoms with Gasteiger partial charge in [0.05, 0.1) is 5.52 Å². The van der Waals surface area contributed by atoms with Crippen LogP contribution >= 0.6 is 0 Å². The van der Waals surface area contributed by atoms with E-state index in [1.54, 1.807) is 0 Å². The minimum atomic E-state index is -0.00406. The summed E-state index contributed by atoms with van der Waals surface area (Å²) in [5.41, 5.74) is 1.62. The summed E-state index contributed by atoms with van der Waals surface area (Å²) in [4.78, 5) is 17.7. The van der Waals surface area contributed by atoms with Crippen molar-refractivity contribution in [1.29, 1.82) is 0 Å². The highest BCUT2D eigenvalue weighted by molar-refractivity contribution is 5.83. The molecule has 0 spiro atoms. The molecule has 0 saturated carbocycles. The maximum absolute atomic E-state index is 12.3. The van der Waals surface area contributed by atoms with Crippen LogP contribution in [-0.4, -0.2) is 29.8 Å². The van der Waals surface area contributed by atoms with Crippen LogP contribution in [0.15, 0.2) is 23.0 Å². The zero-order chi connectivity index (χ0) is 14.9. The number of hydrogen-bond donors (Lipinski definition) is 1. The highest BCUT2D eigenvalue weighted by Crippen LogP contribution is 2.35. The molecule has 5 nitrogen and oxygen atoms in total. The van der Waals surface area contributed by atoms with E-state index in [1.807, 2.05) is 18.2 Å². The van der Waals surface area contributed by atoms with Gasteiger partial charge in [0, 0.05) is 23.6 Å². The Balaban J connectivity index is 1.67. The van der Waals surface area contributed by atoms with Crippen LogP contribution in [-0.2, 0) is 6.54 Å². The van der Waals surface area contributed by atoms with Gasteiger partial charge in [0.25, 0.3) is 5.56 Å². The Kier molecular flexibility index (Phi) is 3.50. The molecule has 116 valence electrons. The Bertz CT molecular complexity index is 745. The lowest BCUT2D eigenvalue weighted by Crippen LogP contribution is -2.27. The van der Waals surface area contributed by atoms with Gasteiger partial charge in [-0.15, -0.1) is 0 Å². The predicted octanol–water partition coefficient (Wildman–Crippen LogP) is 2.63. The summed E-state index contributed by atoms with van der Waals surface area (Å²) < 4.78 is 10.8. The average molecular weight is 300 g/mol. The summed E-state index contributed by atoms with van der Waals surface area (Å²) in [6, 6.07) is 5.77. The number of benzene rings is 1. The minimum Gasteiger partial charge on any atom is -0.454 e. The third-order valence-electron chi connectivity index (χ3n) is 4.51. The molecular weight excluding hydrogens is 280 g/mol. The van der Waals surface area contributed by atoms with E-state index in [0.717, 1.165) is 41.9 Å². The first-order valence-corrected chi connectivity index (χ1v) is 7.97. The molecular formula is C17H20N2O3. The van der Waals surface area contributed by atoms with Crippen molar-refractivity contribution in [1.82, 2.24) is 9.88 Å². The molecule has 3 heterocycles. The number of rotatable bonds is 2. The number of fused-ring (bicyclic) bond motifs is 2. The summed E-state index contributed by atoms with van der Waals surface area (Å²) >= 11 is 0. The quantitative estimate of drug-likeness (QED) is 0.926. The molecule has 1 aromatic carbocycles. The molecule has 22 heavy (non-hydrogen) atoms. The molecule has 0 bridgehead atoms. The summed E-state index contributed by atoms with van der Waals surface area (Å²) in [6.45, 7) is 3.13. The number of hydrogen-bond acceptors (Lipinski definition) is 4. The zero-order valence-corrected chi connectivity index (χ0v) is 12.6. The van der Waals surface area contributed by atoms with Crippen molar-refractivity contribution < 1.29 is 9.47 Å². The van der Waals surface area contributed by atoms with E-state index in [1.165, 1.54) is 25.7 Å². The lowest BCUT2D eigenvalue weighted by Gasteiger charge is -2.19. The molecule has 2 aliphatic heterocycles. The van der Waals surface area contributed by atoms with E-state index in [0.29, 0.717) is 5.75 Å². The monoisotopic (exact) mass is 300 g/mol. The summed E-state index contributed by atoms with van der Waals surface area (Å²) in [5, 5.41) is 0.994. The van der Waals surface area contributed by atoms with Gasteiger partial charge in [-0.3, -0.25) is 9.69 Å². The van der Waals surface area contributed by atoms with E-state index in [4.69, 9.17) is 9.47 Å². The second-order valence-electron chi connectivity index (χ2n) is 6.11. The first-order valence-electron chi connectivity index (χ1n) is 7.97. The smallest absolute Gasteiger partial charge is 0.252 e. The number of likely N-dealkylation sites (tertiary alicyclic amines) is 1. The zero-order valence-electron chi connectivity index (χ0n) is 12.6.